The maximum Gasteiger partial charge on any atom is 0.234 e. The molecule has 0 aliphatic carbocycles. The molecule has 0 spiro atoms. The highest BCUT2D eigenvalue weighted by Gasteiger charge is 2.28. The van der Waals surface area contributed by atoms with Gasteiger partial charge >= 0.3 is 0 Å². The molecule has 16 heteroatoms. The van der Waals surface area contributed by atoms with Gasteiger partial charge in [0.15, 0.2) is 0 Å². The number of imide groups is 1. The van der Waals surface area contributed by atoms with Gasteiger partial charge in [0.2, 0.25) is 17.8 Å². The highest BCUT2D eigenvalue weighted by Crippen LogP contribution is 2.42. The molecule has 2 saturated heterocycles. The quantitative estimate of drug-likeness (QED) is 0.0312. The molecular weight excluding hydrogens is 867 g/mol. The summed E-state index contributed by atoms with van der Waals surface area (Å²) in [6.45, 7) is 10.5. The van der Waals surface area contributed by atoms with Gasteiger partial charge in [-0.2, -0.15) is 4.98 Å². The fraction of sp³-hybridized carbons (Fsp3) is 0.435. The van der Waals surface area contributed by atoms with Gasteiger partial charge in [-0.15, -0.1) is 0 Å². The molecule has 5 N–H and O–H groups in total. The molecule has 3 aromatic carbocycles. The van der Waals surface area contributed by atoms with E-state index in [-0.39, 0.29) is 17.7 Å². The van der Waals surface area contributed by atoms with E-state index in [1.165, 1.54) is 23.2 Å². The summed E-state index contributed by atoms with van der Waals surface area (Å²) < 4.78 is 20.1. The topological polar surface area (TPSA) is 175 Å². The fourth-order valence-corrected chi connectivity index (χ4v) is 10.1. The number of carbonyl (C=O) groups excluding carboxylic acids is 2. The summed E-state index contributed by atoms with van der Waals surface area (Å²) in [5, 5.41) is 17.2. The molecule has 5 aromatic rings. The van der Waals surface area contributed by atoms with Crippen molar-refractivity contribution in [3.8, 4) is 5.75 Å². The Morgan fingerprint density at radius 2 is 1.69 bits per heavy atom. The average Bonchev–Trinajstić information content (AvgIpc) is 3.26. The number of fused-ring (bicyclic) bond motifs is 1. The SMILES string of the molecule is CCc1cc(Nc2ncc(Br)c(Nc3ccc4nccnc4c3P(C)(C)=O)n2)c(OC)cc1N1CCC(NCCNCCCCCc2ccc(C3CCC(=O)NC3=O)cc2)CC1. The van der Waals surface area contributed by atoms with E-state index in [0.29, 0.717) is 62.9 Å². The summed E-state index contributed by atoms with van der Waals surface area (Å²) in [5.41, 5.74) is 7.39. The van der Waals surface area contributed by atoms with Crippen molar-refractivity contribution in [2.24, 2.45) is 0 Å². The number of nitrogens with zero attached hydrogens (tertiary/aromatic N) is 5. The molecule has 62 heavy (non-hydrogen) atoms. The van der Waals surface area contributed by atoms with Crippen LogP contribution in [0, 0.1) is 0 Å². The van der Waals surface area contributed by atoms with E-state index in [2.05, 4.69) is 93.6 Å². The monoisotopic (exact) mass is 924 g/mol. The molecule has 14 nitrogen and oxygen atoms in total. The first-order valence-corrected chi connectivity index (χ1v) is 25.1. The molecular formula is C46H58BrN10O4P. The molecule has 0 bridgehead atoms. The van der Waals surface area contributed by atoms with E-state index in [1.54, 1.807) is 39.0 Å². The number of halogens is 1. The molecule has 1 unspecified atom stereocenters. The van der Waals surface area contributed by atoms with Gasteiger partial charge in [-0.1, -0.05) is 37.6 Å². The molecule has 2 aliphatic heterocycles. The molecule has 2 aromatic heterocycles. The van der Waals surface area contributed by atoms with Crippen LogP contribution in [0.15, 0.2) is 71.6 Å². The molecule has 2 aliphatic rings. The van der Waals surface area contributed by atoms with Crippen LogP contribution in [0.25, 0.3) is 11.0 Å². The number of hydrogen-bond acceptors (Lipinski definition) is 13. The number of methoxy groups -OCH3 is 1. The zero-order chi connectivity index (χ0) is 43.6. The number of amides is 2. The Morgan fingerprint density at radius 3 is 2.44 bits per heavy atom. The third-order valence-corrected chi connectivity index (χ3v) is 13.8. The van der Waals surface area contributed by atoms with Crippen LogP contribution in [0.2, 0.25) is 0 Å². The zero-order valence-corrected chi connectivity index (χ0v) is 38.6. The van der Waals surface area contributed by atoms with Crippen LogP contribution in [0.3, 0.4) is 0 Å². The Labute approximate surface area is 372 Å². The Kier molecular flexibility index (Phi) is 15.2. The van der Waals surface area contributed by atoms with Crippen molar-refractivity contribution in [1.82, 2.24) is 35.9 Å². The summed E-state index contributed by atoms with van der Waals surface area (Å²) in [6.07, 6.45) is 13.4. The van der Waals surface area contributed by atoms with Crippen LogP contribution in [-0.4, -0.2) is 91.0 Å². The Balaban J connectivity index is 0.851. The highest BCUT2D eigenvalue weighted by molar-refractivity contribution is 9.10. The Morgan fingerprint density at radius 1 is 0.903 bits per heavy atom. The third kappa shape index (κ3) is 11.3. The number of anilines is 5. The minimum absolute atomic E-state index is 0.176. The molecule has 4 heterocycles. The van der Waals surface area contributed by atoms with Crippen LogP contribution in [0.1, 0.15) is 74.5 Å². The number of unbranched alkanes of at least 4 members (excludes halogenated alkanes) is 2. The van der Waals surface area contributed by atoms with Crippen LogP contribution < -0.4 is 41.5 Å². The van der Waals surface area contributed by atoms with E-state index in [4.69, 9.17) is 9.72 Å². The molecule has 2 amide bonds. The summed E-state index contributed by atoms with van der Waals surface area (Å²) in [6, 6.07) is 16.8. The first kappa shape index (κ1) is 45.1. The fourth-order valence-electron chi connectivity index (χ4n) is 8.39. The van der Waals surface area contributed by atoms with Gasteiger partial charge in [0, 0.05) is 69.0 Å². The van der Waals surface area contributed by atoms with Gasteiger partial charge in [0.05, 0.1) is 39.7 Å². The van der Waals surface area contributed by atoms with Gasteiger partial charge in [-0.05, 0) is 116 Å². The average molecular weight is 926 g/mol. The number of piperidine rings is 2. The van der Waals surface area contributed by atoms with Crippen molar-refractivity contribution in [2.75, 3.05) is 68.7 Å². The molecule has 2 fully saturated rings. The number of carbonyl (C=O) groups is 2. The van der Waals surface area contributed by atoms with Crippen molar-refractivity contribution < 1.29 is 18.9 Å². The number of ether oxygens (including phenoxy) is 1. The zero-order valence-electron chi connectivity index (χ0n) is 36.1. The molecule has 0 radical (unpaired) electrons. The molecule has 7 rings (SSSR count). The summed E-state index contributed by atoms with van der Waals surface area (Å²) in [4.78, 5) is 44.4. The number of nitrogens with one attached hydrogen (secondary N) is 5. The lowest BCUT2D eigenvalue weighted by molar-refractivity contribution is -0.134. The minimum atomic E-state index is -2.76. The van der Waals surface area contributed by atoms with Crippen molar-refractivity contribution in [3.63, 3.8) is 0 Å². The van der Waals surface area contributed by atoms with E-state index >= 15 is 0 Å². The Bertz CT molecular complexity index is 2400. The largest absolute Gasteiger partial charge is 0.494 e. The van der Waals surface area contributed by atoms with E-state index in [1.807, 2.05) is 24.3 Å². The van der Waals surface area contributed by atoms with Gasteiger partial charge < -0.3 is 35.5 Å². The van der Waals surface area contributed by atoms with Crippen LogP contribution in [-0.2, 0) is 27.0 Å². The number of aromatic nitrogens is 4. The van der Waals surface area contributed by atoms with Gasteiger partial charge in [0.25, 0.3) is 0 Å². The highest BCUT2D eigenvalue weighted by atomic mass is 79.9. The first-order valence-electron chi connectivity index (χ1n) is 21.7. The van der Waals surface area contributed by atoms with Crippen LogP contribution >= 0.6 is 23.1 Å². The van der Waals surface area contributed by atoms with E-state index in [0.717, 1.165) is 82.5 Å². The lowest BCUT2D eigenvalue weighted by Crippen LogP contribution is -2.44. The van der Waals surface area contributed by atoms with Crippen LogP contribution in [0.5, 0.6) is 5.75 Å². The molecule has 1 atom stereocenters. The van der Waals surface area contributed by atoms with Crippen molar-refractivity contribution in [3.05, 3.63) is 88.3 Å². The molecule has 328 valence electrons. The number of rotatable bonds is 19. The van der Waals surface area contributed by atoms with Crippen molar-refractivity contribution in [1.29, 1.82) is 0 Å². The lowest BCUT2D eigenvalue weighted by atomic mass is 9.90. The van der Waals surface area contributed by atoms with Crippen molar-refractivity contribution >= 4 is 80.1 Å². The number of hydrogen-bond donors (Lipinski definition) is 5. The maximum absolute atomic E-state index is 13.5. The second kappa shape index (κ2) is 20.9. The van der Waals surface area contributed by atoms with Gasteiger partial charge in [-0.25, -0.2) is 4.98 Å². The third-order valence-electron chi connectivity index (χ3n) is 11.7. The number of aryl methyl sites for hydroxylation is 2. The van der Waals surface area contributed by atoms with Crippen molar-refractivity contribution in [2.45, 2.75) is 76.7 Å². The maximum atomic E-state index is 13.5. The smallest absolute Gasteiger partial charge is 0.234 e. The normalized spacial score (nSPS) is 16.1. The summed E-state index contributed by atoms with van der Waals surface area (Å²) in [7, 11) is -1.08. The van der Waals surface area contributed by atoms with Crippen LogP contribution in [0.4, 0.5) is 28.8 Å². The van der Waals surface area contributed by atoms with Gasteiger partial charge in [0.1, 0.15) is 24.2 Å². The second-order valence-electron chi connectivity index (χ2n) is 16.4. The first-order chi connectivity index (χ1) is 30.0. The van der Waals surface area contributed by atoms with E-state index < -0.39 is 7.14 Å². The predicted octanol–water partition coefficient (Wildman–Crippen LogP) is 7.57. The minimum Gasteiger partial charge on any atom is -0.494 e. The number of benzene rings is 3. The second-order valence-corrected chi connectivity index (χ2v) is 20.4. The standard InChI is InChI=1S/C46H58BrN10O4P/c1-5-31-27-38(54-46-52-29-35(47)44(56-46)53-37-16-15-36-42(51-24-23-50-36)43(37)62(3,4)60)40(61-2)28-39(31)57-25-18-33(19-26-57)49-22-21-48-20-8-6-7-9-30-10-12-32(13-11-30)34-14-17-41(58)55-45(34)59/h10-13,15-16,23-24,27-29,33-34,48-49H,5-9,14,17-22,25-26H2,1-4H3,(H,55,58,59)(H2,52,53,54,56). The Hall–Kier alpha value is -4.95. The molecule has 0 saturated carbocycles. The summed E-state index contributed by atoms with van der Waals surface area (Å²) in [5.74, 6) is 1.03. The lowest BCUT2D eigenvalue weighted by Gasteiger charge is -2.35. The predicted molar refractivity (Wildman–Crippen MR) is 253 cm³/mol. The van der Waals surface area contributed by atoms with Gasteiger partial charge in [-0.3, -0.25) is 24.9 Å². The van der Waals surface area contributed by atoms with E-state index in [9.17, 15) is 14.2 Å². The summed E-state index contributed by atoms with van der Waals surface area (Å²) >= 11 is 3.59.